The lowest BCUT2D eigenvalue weighted by atomic mass is 10.0. The Bertz CT molecular complexity index is 982. The smallest absolute Gasteiger partial charge is 0.257 e. The number of nitrogens with zero attached hydrogens (tertiary/aromatic N) is 2. The average Bonchev–Trinajstić information content (AvgIpc) is 2.80. The van der Waals surface area contributed by atoms with E-state index in [1.54, 1.807) is 37.3 Å². The van der Waals surface area contributed by atoms with E-state index in [9.17, 15) is 14.0 Å². The maximum absolute atomic E-state index is 13.2. The van der Waals surface area contributed by atoms with Crippen molar-refractivity contribution in [2.24, 2.45) is 5.92 Å². The Morgan fingerprint density at radius 2 is 1.82 bits per heavy atom. The molecule has 33 heavy (non-hydrogen) atoms. The van der Waals surface area contributed by atoms with Crippen molar-refractivity contribution in [1.82, 2.24) is 9.80 Å². The third-order valence-corrected chi connectivity index (χ3v) is 6.12. The van der Waals surface area contributed by atoms with E-state index in [-0.39, 0.29) is 29.9 Å². The number of carbonyl (C=O) groups is 2. The lowest BCUT2D eigenvalue weighted by molar-refractivity contribution is 0.0150. The van der Waals surface area contributed by atoms with Crippen LogP contribution < -0.4 is 10.1 Å². The van der Waals surface area contributed by atoms with Gasteiger partial charge in [0, 0.05) is 50.6 Å². The molecule has 2 amide bonds. The highest BCUT2D eigenvalue weighted by molar-refractivity contribution is 6.05. The summed E-state index contributed by atoms with van der Waals surface area (Å²) in [6.45, 7) is 5.80. The van der Waals surface area contributed by atoms with Crippen LogP contribution in [0.2, 0.25) is 0 Å². The van der Waals surface area contributed by atoms with E-state index in [2.05, 4.69) is 24.1 Å². The molecule has 3 atom stereocenters. The Kier molecular flexibility index (Phi) is 8.05. The summed E-state index contributed by atoms with van der Waals surface area (Å²) in [6.07, 6.45) is -0.105. The van der Waals surface area contributed by atoms with Crippen LogP contribution in [0, 0.1) is 11.7 Å². The van der Waals surface area contributed by atoms with Gasteiger partial charge in [0.15, 0.2) is 0 Å². The minimum atomic E-state index is -0.411. The van der Waals surface area contributed by atoms with E-state index in [1.807, 2.05) is 7.05 Å². The lowest BCUT2D eigenvalue weighted by Gasteiger charge is -2.34. The van der Waals surface area contributed by atoms with E-state index in [1.165, 1.54) is 24.3 Å². The van der Waals surface area contributed by atoms with E-state index >= 15 is 0 Å². The van der Waals surface area contributed by atoms with Gasteiger partial charge in [-0.25, -0.2) is 4.39 Å². The molecule has 0 aromatic heterocycles. The molecule has 0 spiro atoms. The average molecular weight is 458 g/mol. The SMILES string of the molecule is CO[C@H]1CN(C)C(=O)c2ccc(NC(=O)c3ccc(F)cc3)cc2OC[C@@H](C)N(C)C[C@@H]1C. The highest BCUT2D eigenvalue weighted by Crippen LogP contribution is 2.27. The fourth-order valence-electron chi connectivity index (χ4n) is 3.84. The van der Waals surface area contributed by atoms with Gasteiger partial charge in [-0.1, -0.05) is 6.92 Å². The molecule has 8 heteroatoms. The molecule has 0 saturated carbocycles. The van der Waals surface area contributed by atoms with Crippen molar-refractivity contribution < 1.29 is 23.5 Å². The summed E-state index contributed by atoms with van der Waals surface area (Å²) < 4.78 is 24.9. The van der Waals surface area contributed by atoms with Crippen LogP contribution in [-0.2, 0) is 4.74 Å². The molecule has 7 nitrogen and oxygen atoms in total. The van der Waals surface area contributed by atoms with Crippen LogP contribution in [0.4, 0.5) is 10.1 Å². The second-order valence-corrected chi connectivity index (χ2v) is 8.71. The van der Waals surface area contributed by atoms with Gasteiger partial charge in [-0.05, 0) is 56.3 Å². The lowest BCUT2D eigenvalue weighted by Crippen LogP contribution is -2.45. The van der Waals surface area contributed by atoms with Crippen molar-refractivity contribution in [1.29, 1.82) is 0 Å². The van der Waals surface area contributed by atoms with Crippen LogP contribution in [0.1, 0.15) is 34.6 Å². The van der Waals surface area contributed by atoms with Crippen molar-refractivity contribution in [3.63, 3.8) is 0 Å². The molecule has 0 aliphatic carbocycles. The molecule has 0 unspecified atom stereocenters. The van der Waals surface area contributed by atoms with Gasteiger partial charge in [-0.15, -0.1) is 0 Å². The Hall–Kier alpha value is -2.97. The maximum Gasteiger partial charge on any atom is 0.257 e. The van der Waals surface area contributed by atoms with Gasteiger partial charge in [0.2, 0.25) is 0 Å². The zero-order chi connectivity index (χ0) is 24.1. The predicted molar refractivity (Wildman–Crippen MR) is 125 cm³/mol. The van der Waals surface area contributed by atoms with Crippen LogP contribution >= 0.6 is 0 Å². The van der Waals surface area contributed by atoms with Crippen LogP contribution in [0.25, 0.3) is 0 Å². The van der Waals surface area contributed by atoms with Crippen LogP contribution in [0.3, 0.4) is 0 Å². The third kappa shape index (κ3) is 6.09. The first-order valence-electron chi connectivity index (χ1n) is 11.0. The number of fused-ring (bicyclic) bond motifs is 1. The number of amides is 2. The second-order valence-electron chi connectivity index (χ2n) is 8.71. The molecule has 0 saturated heterocycles. The van der Waals surface area contributed by atoms with Gasteiger partial charge in [0.05, 0.1) is 11.7 Å². The first kappa shape index (κ1) is 24.7. The first-order valence-corrected chi connectivity index (χ1v) is 11.0. The van der Waals surface area contributed by atoms with Crippen molar-refractivity contribution in [2.75, 3.05) is 46.2 Å². The van der Waals surface area contributed by atoms with E-state index in [0.717, 1.165) is 6.54 Å². The molecule has 3 rings (SSSR count). The molecular weight excluding hydrogens is 425 g/mol. The van der Waals surface area contributed by atoms with E-state index < -0.39 is 5.82 Å². The Balaban J connectivity index is 1.89. The molecule has 0 bridgehead atoms. The molecular formula is C25H32FN3O4. The summed E-state index contributed by atoms with van der Waals surface area (Å²) in [5.74, 6) is -0.354. The highest BCUT2D eigenvalue weighted by atomic mass is 19.1. The summed E-state index contributed by atoms with van der Waals surface area (Å²) in [7, 11) is 5.45. The van der Waals surface area contributed by atoms with Crippen LogP contribution in [0.15, 0.2) is 42.5 Å². The number of carbonyl (C=O) groups excluding carboxylic acids is 2. The summed E-state index contributed by atoms with van der Waals surface area (Å²) in [6, 6.07) is 10.4. The number of rotatable bonds is 3. The van der Waals surface area contributed by atoms with Gasteiger partial charge < -0.3 is 19.7 Å². The number of hydrogen-bond donors (Lipinski definition) is 1. The molecule has 1 N–H and O–H groups in total. The molecule has 0 fully saturated rings. The fourth-order valence-corrected chi connectivity index (χ4v) is 3.84. The second kappa shape index (κ2) is 10.8. The summed E-state index contributed by atoms with van der Waals surface area (Å²) in [5.41, 5.74) is 1.22. The number of likely N-dealkylation sites (N-methyl/N-ethyl adjacent to an activating group) is 2. The van der Waals surface area contributed by atoms with Gasteiger partial charge in [0.1, 0.15) is 18.2 Å². The van der Waals surface area contributed by atoms with Crippen molar-refractivity contribution >= 4 is 17.5 Å². The normalized spacial score (nSPS) is 22.5. The van der Waals surface area contributed by atoms with Gasteiger partial charge in [-0.2, -0.15) is 0 Å². The van der Waals surface area contributed by atoms with Crippen LogP contribution in [-0.4, -0.2) is 74.7 Å². The monoisotopic (exact) mass is 457 g/mol. The summed E-state index contributed by atoms with van der Waals surface area (Å²) in [4.78, 5) is 29.6. The largest absolute Gasteiger partial charge is 0.491 e. The third-order valence-electron chi connectivity index (χ3n) is 6.12. The summed E-state index contributed by atoms with van der Waals surface area (Å²) in [5, 5.41) is 2.79. The first-order chi connectivity index (χ1) is 15.7. The topological polar surface area (TPSA) is 71.1 Å². The molecule has 2 aromatic rings. The molecule has 0 radical (unpaired) electrons. The summed E-state index contributed by atoms with van der Waals surface area (Å²) >= 11 is 0. The number of ether oxygens (including phenoxy) is 2. The van der Waals surface area contributed by atoms with Crippen LogP contribution in [0.5, 0.6) is 5.75 Å². The maximum atomic E-state index is 13.2. The van der Waals surface area contributed by atoms with E-state index in [4.69, 9.17) is 9.47 Å². The number of nitrogens with one attached hydrogen (secondary N) is 1. The Morgan fingerprint density at radius 1 is 1.12 bits per heavy atom. The zero-order valence-corrected chi connectivity index (χ0v) is 19.8. The van der Waals surface area contributed by atoms with Gasteiger partial charge in [0.25, 0.3) is 11.8 Å². The zero-order valence-electron chi connectivity index (χ0n) is 19.8. The minimum absolute atomic E-state index is 0.0996. The highest BCUT2D eigenvalue weighted by Gasteiger charge is 2.27. The van der Waals surface area contributed by atoms with E-state index in [0.29, 0.717) is 35.7 Å². The number of hydrogen-bond acceptors (Lipinski definition) is 5. The molecule has 178 valence electrons. The quantitative estimate of drug-likeness (QED) is 0.764. The molecule has 1 aliphatic rings. The molecule has 1 heterocycles. The fraction of sp³-hybridized carbons (Fsp3) is 0.440. The van der Waals surface area contributed by atoms with Crippen molar-refractivity contribution in [2.45, 2.75) is 26.0 Å². The Labute approximate surface area is 194 Å². The minimum Gasteiger partial charge on any atom is -0.491 e. The van der Waals surface area contributed by atoms with Crippen molar-refractivity contribution in [3.05, 3.63) is 59.4 Å². The standard InChI is InChI=1S/C25H32FN3O4/c1-16-13-28(3)17(2)15-33-22-12-20(27-24(30)18-6-8-19(26)9-7-18)10-11-21(22)25(31)29(4)14-23(16)32-5/h6-12,16-17,23H,13-15H2,1-5H3,(H,27,30)/t16-,17+,23-/m0/s1. The molecule has 2 aromatic carbocycles. The number of methoxy groups -OCH3 is 1. The Morgan fingerprint density at radius 3 is 2.48 bits per heavy atom. The number of halogens is 1. The number of anilines is 1. The number of benzene rings is 2. The molecule has 1 aliphatic heterocycles. The van der Waals surface area contributed by atoms with Gasteiger partial charge >= 0.3 is 0 Å². The van der Waals surface area contributed by atoms with Gasteiger partial charge in [-0.3, -0.25) is 14.5 Å². The van der Waals surface area contributed by atoms with Crippen molar-refractivity contribution in [3.8, 4) is 5.75 Å². The predicted octanol–water partition coefficient (Wildman–Crippen LogP) is 3.51.